The van der Waals surface area contributed by atoms with Gasteiger partial charge in [-0.3, -0.25) is 19.3 Å². The quantitative estimate of drug-likeness (QED) is 0.0872. The number of allylic oxidation sites excluding steroid dienone is 4. The van der Waals surface area contributed by atoms with Gasteiger partial charge in [-0.2, -0.15) is 4.99 Å². The van der Waals surface area contributed by atoms with Crippen molar-refractivity contribution < 1.29 is 19.1 Å². The maximum absolute atomic E-state index is 14.1. The minimum atomic E-state index is -0.739. The van der Waals surface area contributed by atoms with Crippen molar-refractivity contribution in [3.8, 4) is 5.75 Å². The van der Waals surface area contributed by atoms with Crippen molar-refractivity contribution in [1.82, 2.24) is 10.2 Å². The van der Waals surface area contributed by atoms with Crippen molar-refractivity contribution in [1.29, 1.82) is 0 Å². The van der Waals surface area contributed by atoms with E-state index in [1.165, 1.54) is 11.0 Å². The summed E-state index contributed by atoms with van der Waals surface area (Å²) in [5.41, 5.74) is 3.55. The van der Waals surface area contributed by atoms with Gasteiger partial charge in [0.2, 0.25) is 5.91 Å². The summed E-state index contributed by atoms with van der Waals surface area (Å²) in [5, 5.41) is 3.46. The molecule has 0 spiro atoms. The molecular formula is C40H32Br2ClN3O4S. The maximum Gasteiger partial charge on any atom is 0.285 e. The van der Waals surface area contributed by atoms with Crippen LogP contribution < -0.4 is 10.1 Å². The molecule has 258 valence electrons. The highest BCUT2D eigenvalue weighted by atomic mass is 79.9. The lowest BCUT2D eigenvalue weighted by molar-refractivity contribution is -0.126. The van der Waals surface area contributed by atoms with Crippen LogP contribution in [0.1, 0.15) is 35.2 Å². The summed E-state index contributed by atoms with van der Waals surface area (Å²) < 4.78 is 7.49. The van der Waals surface area contributed by atoms with Crippen LogP contribution in [-0.2, 0) is 21.0 Å². The molecule has 0 radical (unpaired) electrons. The third kappa shape index (κ3) is 9.86. The second kappa shape index (κ2) is 18.1. The molecular weight excluding hydrogens is 814 g/mol. The van der Waals surface area contributed by atoms with Crippen LogP contribution >= 0.6 is 55.2 Å². The van der Waals surface area contributed by atoms with Gasteiger partial charge in [0, 0.05) is 10.2 Å². The molecule has 51 heavy (non-hydrogen) atoms. The minimum Gasteiger partial charge on any atom is -0.486 e. The van der Waals surface area contributed by atoms with Crippen LogP contribution in [0.25, 0.3) is 6.08 Å². The molecule has 0 aromatic heterocycles. The second-order valence-corrected chi connectivity index (χ2v) is 14.2. The summed E-state index contributed by atoms with van der Waals surface area (Å²) in [6.07, 6.45) is 8.09. The Morgan fingerprint density at radius 2 is 1.65 bits per heavy atom. The Morgan fingerprint density at radius 1 is 1.00 bits per heavy atom. The Labute approximate surface area is 323 Å². The lowest BCUT2D eigenvalue weighted by Crippen LogP contribution is -2.42. The fourth-order valence-corrected chi connectivity index (χ4v) is 7.16. The van der Waals surface area contributed by atoms with Crippen molar-refractivity contribution in [3.05, 3.63) is 175 Å². The molecule has 1 N–H and O–H groups in total. The number of carbonyl (C=O) groups is 3. The lowest BCUT2D eigenvalue weighted by atomic mass is 9.99. The Bertz CT molecular complexity index is 1990. The summed E-state index contributed by atoms with van der Waals surface area (Å²) in [6.45, 7) is 5.78. The Morgan fingerprint density at radius 3 is 2.24 bits per heavy atom. The summed E-state index contributed by atoms with van der Waals surface area (Å²) in [7, 11) is 0. The topological polar surface area (TPSA) is 88.1 Å². The number of halogens is 3. The fraction of sp³-hybridized carbons (Fsp3) is 0.100. The molecule has 4 aromatic rings. The molecule has 1 heterocycles. The average molecular weight is 846 g/mol. The van der Waals surface area contributed by atoms with Gasteiger partial charge in [-0.05, 0) is 81.5 Å². The van der Waals surface area contributed by atoms with Gasteiger partial charge in [0.1, 0.15) is 12.2 Å². The van der Waals surface area contributed by atoms with Gasteiger partial charge < -0.3 is 10.1 Å². The second-order valence-electron chi connectivity index (χ2n) is 11.0. The molecule has 0 fully saturated rings. The standard InChI is InChI=1S/C40H32Br2ClN3O4S/c1-3-5-16-31(4-2)46-39(49)32(21-27-22-33(42)37(34(43)23-27)50-24-26-17-19-30(41)20-18-26)38(48)45-40(46)51-25-35(47)44-36(28-12-8-6-9-13-28)29-14-10-7-11-15-29/h3-23,36H,1,24-25H2,2H3,(H,44,47)/b16-5-,31-4+,32-21+. The molecule has 0 saturated carbocycles. The summed E-state index contributed by atoms with van der Waals surface area (Å²) in [6, 6.07) is 29.9. The highest BCUT2D eigenvalue weighted by Gasteiger charge is 2.35. The summed E-state index contributed by atoms with van der Waals surface area (Å²) >= 11 is 14.6. The van der Waals surface area contributed by atoms with E-state index in [9.17, 15) is 14.4 Å². The van der Waals surface area contributed by atoms with Crippen molar-refractivity contribution in [2.24, 2.45) is 4.99 Å². The Kier molecular flexibility index (Phi) is 13.4. The van der Waals surface area contributed by atoms with Crippen LogP contribution in [0.15, 0.2) is 153 Å². The number of benzene rings is 4. The maximum atomic E-state index is 14.1. The van der Waals surface area contributed by atoms with Gasteiger partial charge in [-0.1, -0.05) is 137 Å². The van der Waals surface area contributed by atoms with E-state index in [2.05, 4.69) is 48.7 Å². The zero-order chi connectivity index (χ0) is 36.3. The number of rotatable bonds is 12. The number of carbonyl (C=O) groups excluding carboxylic acids is 3. The van der Waals surface area contributed by atoms with Crippen LogP contribution in [-0.4, -0.2) is 33.5 Å². The van der Waals surface area contributed by atoms with Crippen LogP contribution in [0.3, 0.4) is 0 Å². The monoisotopic (exact) mass is 843 g/mol. The minimum absolute atomic E-state index is 0.0750. The van der Waals surface area contributed by atoms with Crippen molar-refractivity contribution in [2.45, 2.75) is 19.6 Å². The molecule has 0 saturated heterocycles. The van der Waals surface area contributed by atoms with Gasteiger partial charge in [-0.25, -0.2) is 0 Å². The first-order valence-corrected chi connectivity index (χ1v) is 18.7. The highest BCUT2D eigenvalue weighted by molar-refractivity contribution is 9.10. The van der Waals surface area contributed by atoms with E-state index in [-0.39, 0.29) is 29.0 Å². The Balaban J connectivity index is 1.39. The number of aliphatic imine (C=N–C) groups is 1. The number of amides is 3. The van der Waals surface area contributed by atoms with E-state index in [1.807, 2.05) is 84.9 Å². The number of ether oxygens (including phenoxy) is 1. The van der Waals surface area contributed by atoms with E-state index in [1.54, 1.807) is 43.4 Å². The van der Waals surface area contributed by atoms with Gasteiger partial charge in [0.15, 0.2) is 10.9 Å². The number of nitrogens with zero attached hydrogens (tertiary/aromatic N) is 2. The van der Waals surface area contributed by atoms with E-state index >= 15 is 0 Å². The molecule has 0 bridgehead atoms. The average Bonchev–Trinajstić information content (AvgIpc) is 3.13. The third-order valence-electron chi connectivity index (χ3n) is 7.54. The molecule has 7 nitrogen and oxygen atoms in total. The molecule has 0 unspecified atom stereocenters. The van der Waals surface area contributed by atoms with E-state index in [0.29, 0.717) is 26.5 Å². The van der Waals surface area contributed by atoms with Crippen molar-refractivity contribution in [2.75, 3.05) is 5.75 Å². The molecule has 0 aliphatic carbocycles. The van der Waals surface area contributed by atoms with E-state index in [4.69, 9.17) is 16.3 Å². The normalized spacial score (nSPS) is 14.3. The molecule has 1 aliphatic rings. The zero-order valence-electron chi connectivity index (χ0n) is 27.4. The van der Waals surface area contributed by atoms with Crippen LogP contribution in [0.2, 0.25) is 5.02 Å². The summed E-state index contributed by atoms with van der Waals surface area (Å²) in [5.74, 6) is -1.32. The smallest absolute Gasteiger partial charge is 0.285 e. The number of amidine groups is 1. The number of hydrogen-bond donors (Lipinski definition) is 1. The van der Waals surface area contributed by atoms with Crippen molar-refractivity contribution >= 4 is 84.2 Å². The van der Waals surface area contributed by atoms with Gasteiger partial charge >= 0.3 is 0 Å². The SMILES string of the molecule is C=C/C=C\C(=C/C)N1C(=O)/C(=C/c2cc(Cl)c(OCc3ccc(Br)cc3)c(Br)c2)C(=O)N=C1SCC(=O)NC(c1ccccc1)c1ccccc1. The largest absolute Gasteiger partial charge is 0.486 e. The predicted octanol–water partition coefficient (Wildman–Crippen LogP) is 9.84. The molecule has 0 atom stereocenters. The molecule has 5 rings (SSSR count). The van der Waals surface area contributed by atoms with E-state index in [0.717, 1.165) is 32.9 Å². The van der Waals surface area contributed by atoms with Gasteiger partial charge in [-0.15, -0.1) is 0 Å². The first-order valence-electron chi connectivity index (χ1n) is 15.7. The molecule has 11 heteroatoms. The zero-order valence-corrected chi connectivity index (χ0v) is 32.1. The number of thioether (sulfide) groups is 1. The van der Waals surface area contributed by atoms with Crippen molar-refractivity contribution in [3.63, 3.8) is 0 Å². The predicted molar refractivity (Wildman–Crippen MR) is 213 cm³/mol. The molecule has 1 aliphatic heterocycles. The molecule has 4 aromatic carbocycles. The van der Waals surface area contributed by atoms with Crippen LogP contribution in [0.5, 0.6) is 5.75 Å². The van der Waals surface area contributed by atoms with Crippen LogP contribution in [0.4, 0.5) is 0 Å². The lowest BCUT2D eigenvalue weighted by Gasteiger charge is -2.28. The number of nitrogens with one attached hydrogen (secondary N) is 1. The molecule has 3 amide bonds. The Hall–Kier alpha value is -4.48. The van der Waals surface area contributed by atoms with E-state index < -0.39 is 17.9 Å². The van der Waals surface area contributed by atoms with Crippen LogP contribution in [0, 0.1) is 0 Å². The van der Waals surface area contributed by atoms with Gasteiger partial charge in [0.25, 0.3) is 11.8 Å². The summed E-state index contributed by atoms with van der Waals surface area (Å²) in [4.78, 5) is 46.6. The number of hydrogen-bond acceptors (Lipinski definition) is 5. The fourth-order valence-electron chi connectivity index (χ4n) is 5.10. The van der Waals surface area contributed by atoms with Gasteiger partial charge in [0.05, 0.1) is 21.3 Å². The first kappa shape index (κ1) is 37.8. The highest BCUT2D eigenvalue weighted by Crippen LogP contribution is 2.36. The third-order valence-corrected chi connectivity index (χ3v) is 9.88. The first-order chi connectivity index (χ1) is 24.7.